The summed E-state index contributed by atoms with van der Waals surface area (Å²) >= 11 is 7.54. The summed E-state index contributed by atoms with van der Waals surface area (Å²) in [7, 11) is 0. The molecular formula is C17H20ClFN2OS. The highest BCUT2D eigenvalue weighted by molar-refractivity contribution is 7.21. The van der Waals surface area contributed by atoms with Crippen molar-refractivity contribution >= 4 is 38.9 Å². The van der Waals surface area contributed by atoms with Crippen LogP contribution in [0.2, 0.25) is 5.02 Å². The number of thiophene rings is 1. The molecule has 3 rings (SSSR count). The standard InChI is InChI=1S/C17H20ClFN2OS/c1-2-12(21-7-3-4-8-21)10-20-17(22)16-15(18)13-6-5-11(19)9-14(13)23-16/h5-6,9,12H,2-4,7-8,10H2,1H3,(H,20,22)/t12-/m0/s1. The number of rotatable bonds is 5. The zero-order valence-corrected chi connectivity index (χ0v) is 14.6. The van der Waals surface area contributed by atoms with Gasteiger partial charge < -0.3 is 5.32 Å². The lowest BCUT2D eigenvalue weighted by Crippen LogP contribution is -2.42. The normalized spacial score (nSPS) is 16.8. The first kappa shape index (κ1) is 16.7. The minimum absolute atomic E-state index is 0.172. The largest absolute Gasteiger partial charge is 0.350 e. The number of halogens is 2. The van der Waals surface area contributed by atoms with Crippen molar-refractivity contribution in [3.63, 3.8) is 0 Å². The number of carbonyl (C=O) groups excluding carboxylic acids is 1. The van der Waals surface area contributed by atoms with Gasteiger partial charge in [0.25, 0.3) is 5.91 Å². The van der Waals surface area contributed by atoms with Gasteiger partial charge in [0.1, 0.15) is 10.7 Å². The molecule has 0 aliphatic carbocycles. The molecule has 1 aliphatic rings. The molecule has 1 aromatic carbocycles. The SMILES string of the molecule is CC[C@@H](CNC(=O)c1sc2cc(F)ccc2c1Cl)N1CCCC1. The van der Waals surface area contributed by atoms with Crippen molar-refractivity contribution in [3.05, 3.63) is 33.9 Å². The summed E-state index contributed by atoms with van der Waals surface area (Å²) in [5.74, 6) is -0.489. The van der Waals surface area contributed by atoms with Crippen molar-refractivity contribution in [3.8, 4) is 0 Å². The molecule has 3 nitrogen and oxygen atoms in total. The van der Waals surface area contributed by atoms with Gasteiger partial charge in [-0.25, -0.2) is 4.39 Å². The van der Waals surface area contributed by atoms with Crippen LogP contribution < -0.4 is 5.32 Å². The third kappa shape index (κ3) is 3.52. The summed E-state index contributed by atoms with van der Waals surface area (Å²) in [4.78, 5) is 15.4. The van der Waals surface area contributed by atoms with Gasteiger partial charge >= 0.3 is 0 Å². The molecule has 2 aromatic rings. The summed E-state index contributed by atoms with van der Waals surface area (Å²) in [6, 6.07) is 4.77. The van der Waals surface area contributed by atoms with Crippen LogP contribution in [0.5, 0.6) is 0 Å². The fourth-order valence-electron chi connectivity index (χ4n) is 3.11. The van der Waals surface area contributed by atoms with Crippen LogP contribution in [0.4, 0.5) is 4.39 Å². The molecule has 1 aliphatic heterocycles. The maximum Gasteiger partial charge on any atom is 0.262 e. The topological polar surface area (TPSA) is 32.3 Å². The number of hydrogen-bond donors (Lipinski definition) is 1. The van der Waals surface area contributed by atoms with E-state index in [1.165, 1.54) is 36.3 Å². The van der Waals surface area contributed by atoms with Crippen LogP contribution in [0.15, 0.2) is 18.2 Å². The quantitative estimate of drug-likeness (QED) is 0.868. The van der Waals surface area contributed by atoms with E-state index in [1.807, 2.05) is 0 Å². The molecule has 0 bridgehead atoms. The van der Waals surface area contributed by atoms with E-state index in [4.69, 9.17) is 11.6 Å². The Balaban J connectivity index is 1.71. The van der Waals surface area contributed by atoms with E-state index in [1.54, 1.807) is 6.07 Å². The van der Waals surface area contributed by atoms with E-state index in [0.29, 0.717) is 27.2 Å². The van der Waals surface area contributed by atoms with Crippen molar-refractivity contribution < 1.29 is 9.18 Å². The molecule has 1 fully saturated rings. The predicted molar refractivity (Wildman–Crippen MR) is 94.0 cm³/mol. The van der Waals surface area contributed by atoms with Crippen LogP contribution in [0.1, 0.15) is 35.9 Å². The number of nitrogens with zero attached hydrogens (tertiary/aromatic N) is 1. The lowest BCUT2D eigenvalue weighted by atomic mass is 10.2. The lowest BCUT2D eigenvalue weighted by Gasteiger charge is -2.26. The Hall–Kier alpha value is -1.17. The number of likely N-dealkylation sites (tertiary alicyclic amines) is 1. The predicted octanol–water partition coefficient (Wildman–Crippen LogP) is 4.30. The Morgan fingerprint density at radius 3 is 2.87 bits per heavy atom. The zero-order valence-electron chi connectivity index (χ0n) is 13.1. The maximum atomic E-state index is 13.3. The highest BCUT2D eigenvalue weighted by atomic mass is 35.5. The Morgan fingerprint density at radius 2 is 2.17 bits per heavy atom. The van der Waals surface area contributed by atoms with Crippen molar-refractivity contribution in [1.29, 1.82) is 0 Å². The monoisotopic (exact) mass is 354 g/mol. The van der Waals surface area contributed by atoms with Gasteiger partial charge in [-0.05, 0) is 50.6 Å². The molecule has 1 N–H and O–H groups in total. The average molecular weight is 355 g/mol. The van der Waals surface area contributed by atoms with Crippen LogP contribution in [0.3, 0.4) is 0 Å². The first-order chi connectivity index (χ1) is 11.1. The molecular weight excluding hydrogens is 335 g/mol. The second kappa shape index (κ2) is 7.16. The molecule has 1 amide bonds. The molecule has 1 saturated heterocycles. The number of amides is 1. The average Bonchev–Trinajstić information content (AvgIpc) is 3.16. The third-order valence-electron chi connectivity index (χ3n) is 4.42. The summed E-state index contributed by atoms with van der Waals surface area (Å²) in [6.45, 7) is 4.98. The van der Waals surface area contributed by atoms with E-state index < -0.39 is 0 Å². The number of carbonyl (C=O) groups is 1. The Morgan fingerprint density at radius 1 is 1.43 bits per heavy atom. The number of hydrogen-bond acceptors (Lipinski definition) is 3. The molecule has 2 heterocycles. The maximum absolute atomic E-state index is 13.3. The van der Waals surface area contributed by atoms with Crippen LogP contribution in [-0.2, 0) is 0 Å². The van der Waals surface area contributed by atoms with E-state index >= 15 is 0 Å². The van der Waals surface area contributed by atoms with Gasteiger partial charge in [-0.15, -0.1) is 11.3 Å². The summed E-state index contributed by atoms with van der Waals surface area (Å²) in [5, 5.41) is 4.14. The molecule has 0 radical (unpaired) electrons. The molecule has 23 heavy (non-hydrogen) atoms. The Kier molecular flexibility index (Phi) is 5.19. The van der Waals surface area contributed by atoms with E-state index in [-0.39, 0.29) is 11.7 Å². The zero-order chi connectivity index (χ0) is 16.4. The van der Waals surface area contributed by atoms with Gasteiger partial charge in [0.2, 0.25) is 0 Å². The fraction of sp³-hybridized carbons (Fsp3) is 0.471. The molecule has 6 heteroatoms. The van der Waals surface area contributed by atoms with Gasteiger partial charge in [0.15, 0.2) is 0 Å². The molecule has 0 saturated carbocycles. The second-order valence-electron chi connectivity index (χ2n) is 5.90. The Labute approximate surface area is 144 Å². The third-order valence-corrected chi connectivity index (χ3v) is 6.08. The molecule has 1 aromatic heterocycles. The number of fused-ring (bicyclic) bond motifs is 1. The highest BCUT2D eigenvalue weighted by Gasteiger charge is 2.22. The molecule has 0 unspecified atom stereocenters. The fourth-order valence-corrected chi connectivity index (χ4v) is 4.57. The number of nitrogens with one attached hydrogen (secondary N) is 1. The van der Waals surface area contributed by atoms with Gasteiger partial charge in [-0.1, -0.05) is 18.5 Å². The molecule has 124 valence electrons. The van der Waals surface area contributed by atoms with Crippen LogP contribution >= 0.6 is 22.9 Å². The summed E-state index contributed by atoms with van der Waals surface area (Å²) in [5.41, 5.74) is 0. The van der Waals surface area contributed by atoms with E-state index in [9.17, 15) is 9.18 Å². The minimum atomic E-state index is -0.317. The van der Waals surface area contributed by atoms with Crippen LogP contribution in [0.25, 0.3) is 10.1 Å². The highest BCUT2D eigenvalue weighted by Crippen LogP contribution is 2.35. The first-order valence-corrected chi connectivity index (χ1v) is 9.19. The summed E-state index contributed by atoms with van der Waals surface area (Å²) < 4.78 is 14.0. The van der Waals surface area contributed by atoms with E-state index in [2.05, 4.69) is 17.1 Å². The Bertz CT molecular complexity index is 712. The van der Waals surface area contributed by atoms with Crippen molar-refractivity contribution in [1.82, 2.24) is 10.2 Å². The smallest absolute Gasteiger partial charge is 0.262 e. The van der Waals surface area contributed by atoms with E-state index in [0.717, 1.165) is 24.9 Å². The van der Waals surface area contributed by atoms with Gasteiger partial charge in [0, 0.05) is 22.7 Å². The van der Waals surface area contributed by atoms with Gasteiger partial charge in [-0.2, -0.15) is 0 Å². The van der Waals surface area contributed by atoms with Crippen molar-refractivity contribution in [2.24, 2.45) is 0 Å². The molecule has 0 spiro atoms. The number of benzene rings is 1. The van der Waals surface area contributed by atoms with Crippen LogP contribution in [0, 0.1) is 5.82 Å². The lowest BCUT2D eigenvalue weighted by molar-refractivity contribution is 0.0941. The second-order valence-corrected chi connectivity index (χ2v) is 7.33. The summed E-state index contributed by atoms with van der Waals surface area (Å²) in [6.07, 6.45) is 3.47. The minimum Gasteiger partial charge on any atom is -0.350 e. The van der Waals surface area contributed by atoms with Crippen molar-refractivity contribution in [2.45, 2.75) is 32.2 Å². The van der Waals surface area contributed by atoms with Gasteiger partial charge in [-0.3, -0.25) is 9.69 Å². The first-order valence-electron chi connectivity index (χ1n) is 8.00. The van der Waals surface area contributed by atoms with Crippen LogP contribution in [-0.4, -0.2) is 36.5 Å². The van der Waals surface area contributed by atoms with Gasteiger partial charge in [0.05, 0.1) is 5.02 Å². The molecule has 1 atom stereocenters. The van der Waals surface area contributed by atoms with Crippen molar-refractivity contribution in [2.75, 3.05) is 19.6 Å².